The molecule has 2 fully saturated rings. The number of rotatable bonds is 3. The highest BCUT2D eigenvalue weighted by Crippen LogP contribution is 2.42. The lowest BCUT2D eigenvalue weighted by Gasteiger charge is -2.31. The van der Waals surface area contributed by atoms with Crippen LogP contribution in [0.25, 0.3) is 0 Å². The molecule has 4 heteroatoms. The second-order valence-electron chi connectivity index (χ2n) is 6.12. The number of amides is 1. The maximum atomic E-state index is 11.6. The van der Waals surface area contributed by atoms with Crippen molar-refractivity contribution in [3.05, 3.63) is 0 Å². The number of carbonyl (C=O) groups excluding carboxylic acids is 1. The van der Waals surface area contributed by atoms with Crippen LogP contribution in [0.5, 0.6) is 0 Å². The van der Waals surface area contributed by atoms with E-state index >= 15 is 0 Å². The molecule has 4 nitrogen and oxygen atoms in total. The monoisotopic (exact) mass is 225 g/mol. The molecule has 3 atom stereocenters. The molecule has 0 aromatic heterocycles. The van der Waals surface area contributed by atoms with Crippen molar-refractivity contribution >= 4 is 5.91 Å². The minimum atomic E-state index is -0.258. The fourth-order valence-electron chi connectivity index (χ4n) is 3.47. The van der Waals surface area contributed by atoms with Crippen molar-refractivity contribution in [3.8, 4) is 0 Å². The Morgan fingerprint density at radius 1 is 1.44 bits per heavy atom. The van der Waals surface area contributed by atoms with Crippen LogP contribution in [0.3, 0.4) is 0 Å². The lowest BCUT2D eigenvalue weighted by atomic mass is 9.93. The van der Waals surface area contributed by atoms with Gasteiger partial charge in [0.2, 0.25) is 5.91 Å². The molecule has 2 aliphatic rings. The van der Waals surface area contributed by atoms with Gasteiger partial charge in [-0.05, 0) is 38.5 Å². The summed E-state index contributed by atoms with van der Waals surface area (Å²) in [5.41, 5.74) is 11.3. The fraction of sp³-hybridized carbons (Fsp3) is 0.917. The maximum absolute atomic E-state index is 11.6. The molecule has 4 N–H and O–H groups in total. The minimum absolute atomic E-state index is 0.0738. The van der Waals surface area contributed by atoms with Gasteiger partial charge in [0.25, 0.3) is 0 Å². The Balaban J connectivity index is 2.11. The van der Waals surface area contributed by atoms with Crippen LogP contribution in [0.15, 0.2) is 0 Å². The molecule has 1 saturated heterocycles. The molecule has 1 amide bonds. The number of hydrogen-bond donors (Lipinski definition) is 2. The van der Waals surface area contributed by atoms with E-state index in [-0.39, 0.29) is 17.5 Å². The summed E-state index contributed by atoms with van der Waals surface area (Å²) >= 11 is 0. The highest BCUT2D eigenvalue weighted by atomic mass is 16.1. The number of likely N-dealkylation sites (tertiary alicyclic amines) is 1. The first-order chi connectivity index (χ1) is 7.38. The van der Waals surface area contributed by atoms with Gasteiger partial charge in [-0.2, -0.15) is 0 Å². The summed E-state index contributed by atoms with van der Waals surface area (Å²) in [6, 6.07) is -0.0738. The number of carbonyl (C=O) groups is 1. The molecule has 0 aromatic rings. The van der Waals surface area contributed by atoms with Gasteiger partial charge >= 0.3 is 0 Å². The molecule has 3 unspecified atom stereocenters. The van der Waals surface area contributed by atoms with Crippen molar-refractivity contribution in [1.29, 1.82) is 0 Å². The first-order valence-electron chi connectivity index (χ1n) is 6.21. The largest absolute Gasteiger partial charge is 0.368 e. The average Bonchev–Trinajstić information content (AvgIpc) is 2.58. The third-order valence-electron chi connectivity index (χ3n) is 3.89. The lowest BCUT2D eigenvalue weighted by molar-refractivity contribution is -0.123. The summed E-state index contributed by atoms with van der Waals surface area (Å²) in [6.07, 6.45) is 3.65. The van der Waals surface area contributed by atoms with Gasteiger partial charge in [-0.15, -0.1) is 0 Å². The molecule has 0 radical (unpaired) electrons. The van der Waals surface area contributed by atoms with Crippen molar-refractivity contribution < 1.29 is 4.79 Å². The van der Waals surface area contributed by atoms with Gasteiger partial charge in [0.15, 0.2) is 0 Å². The standard InChI is InChI=1S/C12H23N3O/c1-12(2,14)7-15-6-8-4-3-5-9(8)10(15)11(13)16/h8-10H,3-7,14H2,1-2H3,(H2,13,16). The van der Waals surface area contributed by atoms with Crippen molar-refractivity contribution in [2.24, 2.45) is 23.3 Å². The van der Waals surface area contributed by atoms with Gasteiger partial charge < -0.3 is 11.5 Å². The van der Waals surface area contributed by atoms with Gasteiger partial charge in [0.05, 0.1) is 6.04 Å². The van der Waals surface area contributed by atoms with E-state index in [1.807, 2.05) is 13.8 Å². The minimum Gasteiger partial charge on any atom is -0.368 e. The van der Waals surface area contributed by atoms with E-state index in [2.05, 4.69) is 4.90 Å². The molecule has 0 spiro atoms. The normalized spacial score (nSPS) is 35.3. The summed E-state index contributed by atoms with van der Waals surface area (Å²) < 4.78 is 0. The quantitative estimate of drug-likeness (QED) is 0.726. The van der Waals surface area contributed by atoms with Gasteiger partial charge in [-0.25, -0.2) is 0 Å². The molecule has 16 heavy (non-hydrogen) atoms. The summed E-state index contributed by atoms with van der Waals surface area (Å²) in [5.74, 6) is 0.985. The highest BCUT2D eigenvalue weighted by molar-refractivity contribution is 5.80. The Morgan fingerprint density at radius 2 is 2.12 bits per heavy atom. The van der Waals surface area contributed by atoms with Crippen molar-refractivity contribution in [2.45, 2.75) is 44.7 Å². The molecule has 1 heterocycles. The molecule has 2 rings (SSSR count). The Bertz CT molecular complexity index is 284. The molecule has 1 aliphatic heterocycles. The Hall–Kier alpha value is -0.610. The molecular weight excluding hydrogens is 202 g/mol. The number of hydrogen-bond acceptors (Lipinski definition) is 3. The van der Waals surface area contributed by atoms with E-state index in [4.69, 9.17) is 11.5 Å². The van der Waals surface area contributed by atoms with E-state index < -0.39 is 0 Å². The van der Waals surface area contributed by atoms with E-state index in [1.165, 1.54) is 12.8 Å². The van der Waals surface area contributed by atoms with Crippen LogP contribution >= 0.6 is 0 Å². The Morgan fingerprint density at radius 3 is 2.69 bits per heavy atom. The summed E-state index contributed by atoms with van der Waals surface area (Å²) in [5, 5.41) is 0. The van der Waals surface area contributed by atoms with Crippen LogP contribution in [0.1, 0.15) is 33.1 Å². The fourth-order valence-corrected chi connectivity index (χ4v) is 3.47. The number of nitrogens with two attached hydrogens (primary N) is 2. The summed E-state index contributed by atoms with van der Waals surface area (Å²) in [6.45, 7) is 5.75. The lowest BCUT2D eigenvalue weighted by Crippen LogP contribution is -2.51. The SMILES string of the molecule is CC(C)(N)CN1CC2CCCC2C1C(N)=O. The molecule has 92 valence electrons. The van der Waals surface area contributed by atoms with Crippen LogP contribution in [-0.4, -0.2) is 35.5 Å². The second-order valence-corrected chi connectivity index (χ2v) is 6.12. The predicted octanol–water partition coefficient (Wildman–Crippen LogP) is 0.310. The third kappa shape index (κ3) is 2.23. The zero-order valence-corrected chi connectivity index (χ0v) is 10.3. The Labute approximate surface area is 97.3 Å². The van der Waals surface area contributed by atoms with Crippen LogP contribution in [0.4, 0.5) is 0 Å². The van der Waals surface area contributed by atoms with E-state index in [1.54, 1.807) is 0 Å². The number of primary amides is 1. The maximum Gasteiger partial charge on any atom is 0.235 e. The first-order valence-corrected chi connectivity index (χ1v) is 6.21. The topological polar surface area (TPSA) is 72.3 Å². The van der Waals surface area contributed by atoms with E-state index in [0.29, 0.717) is 11.8 Å². The van der Waals surface area contributed by atoms with Crippen molar-refractivity contribution in [1.82, 2.24) is 4.90 Å². The van der Waals surface area contributed by atoms with Crippen LogP contribution in [0, 0.1) is 11.8 Å². The highest BCUT2D eigenvalue weighted by Gasteiger charge is 2.47. The zero-order chi connectivity index (χ0) is 11.9. The zero-order valence-electron chi connectivity index (χ0n) is 10.3. The average molecular weight is 225 g/mol. The molecule has 1 aliphatic carbocycles. The molecule has 0 bridgehead atoms. The van der Waals surface area contributed by atoms with Gasteiger partial charge in [-0.1, -0.05) is 6.42 Å². The van der Waals surface area contributed by atoms with Crippen molar-refractivity contribution in [2.75, 3.05) is 13.1 Å². The molecule has 0 aromatic carbocycles. The summed E-state index contributed by atoms with van der Waals surface area (Å²) in [7, 11) is 0. The number of nitrogens with zero attached hydrogens (tertiary/aromatic N) is 1. The summed E-state index contributed by atoms with van der Waals surface area (Å²) in [4.78, 5) is 13.8. The molecule has 1 saturated carbocycles. The Kier molecular flexibility index (Phi) is 2.97. The number of fused-ring (bicyclic) bond motifs is 1. The van der Waals surface area contributed by atoms with E-state index in [9.17, 15) is 4.79 Å². The van der Waals surface area contributed by atoms with Crippen LogP contribution in [0.2, 0.25) is 0 Å². The smallest absolute Gasteiger partial charge is 0.235 e. The first kappa shape index (κ1) is 11.9. The van der Waals surface area contributed by atoms with Crippen molar-refractivity contribution in [3.63, 3.8) is 0 Å². The van der Waals surface area contributed by atoms with Crippen LogP contribution in [-0.2, 0) is 4.79 Å². The van der Waals surface area contributed by atoms with Crippen LogP contribution < -0.4 is 11.5 Å². The van der Waals surface area contributed by atoms with Gasteiger partial charge in [0, 0.05) is 18.6 Å². The second kappa shape index (κ2) is 4.00. The van der Waals surface area contributed by atoms with Gasteiger partial charge in [-0.3, -0.25) is 9.69 Å². The predicted molar refractivity (Wildman–Crippen MR) is 63.7 cm³/mol. The van der Waals surface area contributed by atoms with Gasteiger partial charge in [0.1, 0.15) is 0 Å². The molecular formula is C12H23N3O. The third-order valence-corrected chi connectivity index (χ3v) is 3.89. The van der Waals surface area contributed by atoms with E-state index in [0.717, 1.165) is 19.5 Å².